The van der Waals surface area contributed by atoms with Gasteiger partial charge in [-0.3, -0.25) is 4.79 Å². The van der Waals surface area contributed by atoms with Crippen molar-refractivity contribution in [2.24, 2.45) is 0 Å². The van der Waals surface area contributed by atoms with Gasteiger partial charge in [0.1, 0.15) is 17.4 Å². The molecule has 3 rings (SSSR count). The third-order valence-corrected chi connectivity index (χ3v) is 4.87. The van der Waals surface area contributed by atoms with E-state index in [0.717, 1.165) is 36.0 Å². The second-order valence-corrected chi connectivity index (χ2v) is 7.05. The number of nitrogens with zero attached hydrogens (tertiary/aromatic N) is 1. The first-order valence-corrected chi connectivity index (χ1v) is 9.35. The Bertz CT molecular complexity index is 737. The summed E-state index contributed by atoms with van der Waals surface area (Å²) in [5.41, 5.74) is 3.29. The summed E-state index contributed by atoms with van der Waals surface area (Å²) in [5.74, 6) is 0.839. The van der Waals surface area contributed by atoms with Gasteiger partial charge in [-0.1, -0.05) is 29.3 Å². The van der Waals surface area contributed by atoms with Crippen LogP contribution in [0.3, 0.4) is 0 Å². The van der Waals surface area contributed by atoms with Gasteiger partial charge < -0.3 is 15.4 Å². The Hall–Kier alpha value is -2.18. The third kappa shape index (κ3) is 5.69. The van der Waals surface area contributed by atoms with Gasteiger partial charge in [-0.25, -0.2) is 4.98 Å². The highest BCUT2D eigenvalue weighted by molar-refractivity contribution is 7.09. The van der Waals surface area contributed by atoms with Gasteiger partial charge in [-0.2, -0.15) is 0 Å². The molecule has 2 aromatic rings. The van der Waals surface area contributed by atoms with Crippen LogP contribution in [0.15, 0.2) is 41.3 Å². The number of benzene rings is 1. The predicted molar refractivity (Wildman–Crippen MR) is 99.9 cm³/mol. The van der Waals surface area contributed by atoms with Crippen molar-refractivity contribution in [1.29, 1.82) is 0 Å². The van der Waals surface area contributed by atoms with Crippen molar-refractivity contribution in [1.82, 2.24) is 15.6 Å². The van der Waals surface area contributed by atoms with Crippen molar-refractivity contribution in [2.75, 3.05) is 19.6 Å². The zero-order valence-electron chi connectivity index (χ0n) is 14.4. The molecule has 1 aliphatic rings. The van der Waals surface area contributed by atoms with Gasteiger partial charge in [-0.05, 0) is 32.0 Å². The Balaban J connectivity index is 1.43. The summed E-state index contributed by atoms with van der Waals surface area (Å²) in [6.07, 6.45) is 3.46. The molecule has 1 aromatic carbocycles. The summed E-state index contributed by atoms with van der Waals surface area (Å²) in [4.78, 5) is 16.5. The maximum atomic E-state index is 12.1. The number of hydrogen-bond donors (Lipinski definition) is 2. The van der Waals surface area contributed by atoms with Crippen LogP contribution in [0.2, 0.25) is 0 Å². The monoisotopic (exact) mass is 357 g/mol. The fourth-order valence-corrected chi connectivity index (χ4v) is 3.25. The molecule has 2 N–H and O–H groups in total. The summed E-state index contributed by atoms with van der Waals surface area (Å²) in [7, 11) is 0. The molecule has 132 valence electrons. The fourth-order valence-electron chi connectivity index (χ4n) is 2.55. The second-order valence-electron chi connectivity index (χ2n) is 6.10. The molecule has 0 atom stereocenters. The second kappa shape index (κ2) is 8.78. The molecule has 0 saturated heterocycles. The van der Waals surface area contributed by atoms with Gasteiger partial charge in [-0.15, -0.1) is 11.3 Å². The van der Waals surface area contributed by atoms with E-state index in [-0.39, 0.29) is 5.91 Å². The Morgan fingerprint density at radius 1 is 1.36 bits per heavy atom. The maximum Gasteiger partial charge on any atom is 0.226 e. The van der Waals surface area contributed by atoms with Crippen LogP contribution in [0.4, 0.5) is 0 Å². The van der Waals surface area contributed by atoms with E-state index in [9.17, 15) is 4.79 Å². The number of carbonyl (C=O) groups is 1. The highest BCUT2D eigenvalue weighted by atomic mass is 32.1. The van der Waals surface area contributed by atoms with E-state index >= 15 is 0 Å². The van der Waals surface area contributed by atoms with Crippen LogP contribution in [0.5, 0.6) is 5.75 Å². The molecule has 1 amide bonds. The van der Waals surface area contributed by atoms with E-state index in [4.69, 9.17) is 4.74 Å². The van der Waals surface area contributed by atoms with E-state index in [1.54, 1.807) is 0 Å². The van der Waals surface area contributed by atoms with Crippen molar-refractivity contribution in [3.05, 3.63) is 57.6 Å². The van der Waals surface area contributed by atoms with Crippen molar-refractivity contribution in [3.8, 4) is 5.75 Å². The molecule has 0 aliphatic carbocycles. The molecule has 0 spiro atoms. The van der Waals surface area contributed by atoms with Crippen LogP contribution < -0.4 is 15.4 Å². The van der Waals surface area contributed by atoms with E-state index in [0.29, 0.717) is 19.6 Å². The lowest BCUT2D eigenvalue weighted by molar-refractivity contribution is -0.120. The first-order valence-electron chi connectivity index (χ1n) is 8.47. The highest BCUT2D eigenvalue weighted by Crippen LogP contribution is 2.16. The number of rotatable bonds is 7. The number of nitrogens with one attached hydrogen (secondary N) is 2. The summed E-state index contributed by atoms with van der Waals surface area (Å²) in [5, 5.41) is 9.04. The van der Waals surface area contributed by atoms with E-state index in [1.165, 1.54) is 22.5 Å². The van der Waals surface area contributed by atoms with Crippen LogP contribution in [0.25, 0.3) is 0 Å². The number of amides is 1. The number of hydrogen-bond acceptors (Lipinski definition) is 5. The molecule has 25 heavy (non-hydrogen) atoms. The Morgan fingerprint density at radius 2 is 2.20 bits per heavy atom. The molecule has 1 aromatic heterocycles. The normalized spacial score (nSPS) is 14.0. The Morgan fingerprint density at radius 3 is 2.96 bits per heavy atom. The van der Waals surface area contributed by atoms with Gasteiger partial charge in [0.15, 0.2) is 0 Å². The fraction of sp³-hybridized carbons (Fsp3) is 0.368. The maximum absolute atomic E-state index is 12.1. The van der Waals surface area contributed by atoms with Gasteiger partial charge in [0.25, 0.3) is 0 Å². The highest BCUT2D eigenvalue weighted by Gasteiger charge is 2.10. The lowest BCUT2D eigenvalue weighted by Crippen LogP contribution is -2.30. The summed E-state index contributed by atoms with van der Waals surface area (Å²) in [6.45, 7) is 4.98. The minimum absolute atomic E-state index is 0.00994. The quantitative estimate of drug-likeness (QED) is 0.748. The zero-order valence-corrected chi connectivity index (χ0v) is 15.2. The summed E-state index contributed by atoms with van der Waals surface area (Å²) < 4.78 is 5.73. The molecule has 0 saturated carbocycles. The SMILES string of the molecule is Cc1ccc(OCc2nc(CC(=O)NCC3=CCNCC3)cs2)cc1. The predicted octanol–water partition coefficient (Wildman–Crippen LogP) is 2.61. The number of aryl methyl sites for hydroxylation is 1. The smallest absolute Gasteiger partial charge is 0.226 e. The Labute approximate surface area is 152 Å². The lowest BCUT2D eigenvalue weighted by atomic mass is 10.1. The molecular formula is C19H23N3O2S. The minimum atomic E-state index is 0.00994. The van der Waals surface area contributed by atoms with Gasteiger partial charge >= 0.3 is 0 Å². The molecule has 6 heteroatoms. The largest absolute Gasteiger partial charge is 0.486 e. The molecule has 0 fully saturated rings. The lowest BCUT2D eigenvalue weighted by Gasteiger charge is -2.14. The van der Waals surface area contributed by atoms with Gasteiger partial charge in [0.05, 0.1) is 12.1 Å². The average Bonchev–Trinajstić information content (AvgIpc) is 3.08. The van der Waals surface area contributed by atoms with E-state index in [1.807, 2.05) is 36.6 Å². The molecule has 0 unspecified atom stereocenters. The molecule has 5 nitrogen and oxygen atoms in total. The van der Waals surface area contributed by atoms with E-state index in [2.05, 4.69) is 21.7 Å². The standard InChI is InChI=1S/C19H23N3O2S/c1-14-2-4-17(5-3-14)24-12-19-22-16(13-25-19)10-18(23)21-11-15-6-8-20-9-7-15/h2-6,13,20H,7-12H2,1H3,(H,21,23). The molecule has 0 bridgehead atoms. The number of carbonyl (C=O) groups excluding carboxylic acids is 1. The van der Waals surface area contributed by atoms with Crippen LogP contribution in [0.1, 0.15) is 22.7 Å². The molecule has 1 aliphatic heterocycles. The Kier molecular flexibility index (Phi) is 6.19. The minimum Gasteiger partial charge on any atom is -0.486 e. The first-order chi connectivity index (χ1) is 12.2. The third-order valence-electron chi connectivity index (χ3n) is 3.99. The van der Waals surface area contributed by atoms with Crippen molar-refractivity contribution < 1.29 is 9.53 Å². The van der Waals surface area contributed by atoms with Crippen LogP contribution in [-0.2, 0) is 17.8 Å². The number of ether oxygens (including phenoxy) is 1. The van der Waals surface area contributed by atoms with Crippen molar-refractivity contribution in [3.63, 3.8) is 0 Å². The first kappa shape index (κ1) is 17.6. The van der Waals surface area contributed by atoms with Crippen molar-refractivity contribution in [2.45, 2.75) is 26.4 Å². The van der Waals surface area contributed by atoms with Crippen LogP contribution in [0, 0.1) is 6.92 Å². The molecule has 0 radical (unpaired) electrons. The van der Waals surface area contributed by atoms with Gasteiger partial charge in [0.2, 0.25) is 5.91 Å². The zero-order chi connectivity index (χ0) is 17.5. The summed E-state index contributed by atoms with van der Waals surface area (Å²) in [6, 6.07) is 7.94. The van der Waals surface area contributed by atoms with Crippen molar-refractivity contribution >= 4 is 17.2 Å². The number of aromatic nitrogens is 1. The number of thiazole rings is 1. The molecule has 2 heterocycles. The summed E-state index contributed by atoms with van der Waals surface area (Å²) >= 11 is 1.52. The topological polar surface area (TPSA) is 63.2 Å². The van der Waals surface area contributed by atoms with Gasteiger partial charge in [0, 0.05) is 18.5 Å². The van der Waals surface area contributed by atoms with Crippen LogP contribution in [-0.4, -0.2) is 30.5 Å². The van der Waals surface area contributed by atoms with Crippen LogP contribution >= 0.6 is 11.3 Å². The average molecular weight is 357 g/mol. The molecular weight excluding hydrogens is 334 g/mol. The van der Waals surface area contributed by atoms with E-state index < -0.39 is 0 Å².